The van der Waals surface area contributed by atoms with Crippen molar-refractivity contribution in [2.45, 2.75) is 299 Å². The van der Waals surface area contributed by atoms with E-state index < -0.39 is 135 Å². The van der Waals surface area contributed by atoms with Gasteiger partial charge in [0.05, 0.1) is 70.1 Å². The lowest BCUT2D eigenvalue weighted by Gasteiger charge is -2.43. The number of hydrogen-bond acceptors (Lipinski definition) is 30. The Bertz CT molecular complexity index is 4380. The van der Waals surface area contributed by atoms with Gasteiger partial charge in [0.1, 0.15) is 60.0 Å². The molecule has 0 bridgehead atoms. The smallest absolute Gasteiger partial charge is 0.410 e. The third kappa shape index (κ3) is 41.4. The fourth-order valence-electron chi connectivity index (χ4n) is 15.8. The normalized spacial score (nSPS) is 20.3. The van der Waals surface area contributed by atoms with Crippen LogP contribution < -0.4 is 0 Å². The van der Waals surface area contributed by atoms with Crippen LogP contribution in [0.4, 0.5) is 9.59 Å². The molecular formula is C104H166N10O22Si2. The largest absolute Gasteiger partial charge is 0.459 e. The molecule has 0 aromatic heterocycles. The number of hydrogen-bond donors (Lipinski definition) is 0. The SMILES string of the molecule is CC(C)(C)OC(=O)CN1CCN(CC(=O)OC(C)(C)C)CCN([C@@H]2CN(C(=O)OCc3ccccc3)[C@H](C(=O)OCc3ccccc3)[C@H]2O[Si](C)(C)C(C)(C)C)CCN(CC(=O)OC(C)(C)C)CC1.CC(C)(C)OC(=O)CN1CCN(CC(=O)OC(C)(C)C)CCN([C@@H]2[C@@H](O[Si](C)(C)C(C)(C)C)CN(C(=O)OCc3ccccc3)[C@@H]2C(=O)OCc2ccccc2)CCN(CC(=O)OC(C)(C)C)CC1. The molecule has 4 aromatic rings. The van der Waals surface area contributed by atoms with E-state index in [2.05, 4.69) is 77.5 Å². The van der Waals surface area contributed by atoms with Gasteiger partial charge in [-0.15, -0.1) is 0 Å². The summed E-state index contributed by atoms with van der Waals surface area (Å²) in [6, 6.07) is 33.9. The lowest BCUT2D eigenvalue weighted by molar-refractivity contribution is -0.158. The average Bonchev–Trinajstić information content (AvgIpc) is 1.61. The van der Waals surface area contributed by atoms with E-state index in [1.165, 1.54) is 9.80 Å². The molecule has 4 fully saturated rings. The standard InChI is InChI=1S/2C52H83N5O11Si/c1-49(2,3)65-42(58)34-53-25-27-54(35-43(59)66-50(4,5)6)29-31-56(32-30-55(28-26-53)36-44(60)67-51(7,8)9)41-33-57(48(62)64-38-40-23-19-16-20-24-40)45(46(41)68-69(13,14)52(10,11)12)47(61)63-37-39-21-17-15-18-22-39;1-49(2,3)65-42(58)34-53-25-27-54(35-43(59)66-50(4,5)6)29-31-56(32-30-55(28-26-53)36-44(60)67-51(7,8)9)45-41(68-69(13,14)52(10,11)12)33-57(48(62)64-38-40-23-19-16-20-24-40)46(45)47(61)63-37-39-21-17-15-18-22-39/h2*15-24,41,45-46H,25-38H2,1-14H3/t41-,45+,46+;41-,45+,46-/m10/s1. The summed E-state index contributed by atoms with van der Waals surface area (Å²) in [6.07, 6.45) is -2.87. The second kappa shape index (κ2) is 51.2. The molecule has 4 aromatic carbocycles. The fraction of sp³-hybridized carbons (Fsp3) is 0.673. The Kier molecular flexibility index (Phi) is 43.1. The van der Waals surface area contributed by atoms with Gasteiger partial charge in [-0.3, -0.25) is 77.8 Å². The molecule has 4 saturated heterocycles. The number of ether oxygens (including phenoxy) is 10. The minimum atomic E-state index is -2.69. The molecule has 34 heteroatoms. The van der Waals surface area contributed by atoms with E-state index in [9.17, 15) is 47.9 Å². The molecule has 0 radical (unpaired) electrons. The van der Waals surface area contributed by atoms with Crippen LogP contribution >= 0.6 is 0 Å². The van der Waals surface area contributed by atoms with E-state index >= 15 is 0 Å². The second-order valence-electron chi connectivity index (χ2n) is 45.5. The van der Waals surface area contributed by atoms with Crippen LogP contribution in [0.5, 0.6) is 0 Å². The van der Waals surface area contributed by atoms with Crippen molar-refractivity contribution in [1.82, 2.24) is 49.0 Å². The Morgan fingerprint density at radius 2 is 0.507 bits per heavy atom. The molecule has 0 aliphatic carbocycles. The Balaban J connectivity index is 0.000000376. The van der Waals surface area contributed by atoms with Crippen LogP contribution in [0.25, 0.3) is 0 Å². The lowest BCUT2D eigenvalue weighted by atomic mass is 10.0. The molecule has 4 aliphatic rings. The van der Waals surface area contributed by atoms with Crippen LogP contribution in [0.15, 0.2) is 121 Å². The average molecular weight is 1960 g/mol. The maximum absolute atomic E-state index is 14.9. The highest BCUT2D eigenvalue weighted by Crippen LogP contribution is 2.43. The summed E-state index contributed by atoms with van der Waals surface area (Å²) in [4.78, 5) is 159. The van der Waals surface area contributed by atoms with Crippen molar-refractivity contribution in [3.63, 3.8) is 0 Å². The molecule has 4 heterocycles. The summed E-state index contributed by atoms with van der Waals surface area (Å²) >= 11 is 0. The monoisotopic (exact) mass is 1960 g/mol. The molecule has 138 heavy (non-hydrogen) atoms. The van der Waals surface area contributed by atoms with Crippen molar-refractivity contribution >= 4 is 76.6 Å². The molecule has 32 nitrogen and oxygen atoms in total. The van der Waals surface area contributed by atoms with Gasteiger partial charge < -0.3 is 56.2 Å². The molecule has 772 valence electrons. The number of nitrogens with zero attached hydrogens (tertiary/aromatic N) is 10. The Morgan fingerprint density at radius 1 is 0.283 bits per heavy atom. The molecule has 6 atom stereocenters. The van der Waals surface area contributed by atoms with Crippen molar-refractivity contribution in [1.29, 1.82) is 0 Å². The number of carbonyl (C=O) groups is 10. The maximum Gasteiger partial charge on any atom is 0.410 e. The predicted molar refractivity (Wildman–Crippen MR) is 535 cm³/mol. The number of benzene rings is 4. The first kappa shape index (κ1) is 116. The first-order valence-electron chi connectivity index (χ1n) is 48.8. The Hall–Kier alpha value is -8.79. The molecule has 0 saturated carbocycles. The third-order valence-corrected chi connectivity index (χ3v) is 33.4. The van der Waals surface area contributed by atoms with Crippen molar-refractivity contribution in [2.24, 2.45) is 0 Å². The van der Waals surface area contributed by atoms with E-state index in [1.54, 1.807) is 0 Å². The molecule has 8 rings (SSSR count). The lowest BCUT2D eigenvalue weighted by Crippen LogP contribution is -2.59. The molecule has 0 N–H and O–H groups in total. The van der Waals surface area contributed by atoms with Gasteiger partial charge in [0, 0.05) is 111 Å². The van der Waals surface area contributed by atoms with Crippen molar-refractivity contribution < 1.29 is 104 Å². The summed E-state index contributed by atoms with van der Waals surface area (Å²) in [6.45, 7) is 60.1. The second-order valence-corrected chi connectivity index (χ2v) is 55.0. The van der Waals surface area contributed by atoms with Crippen LogP contribution in [0.2, 0.25) is 36.3 Å². The van der Waals surface area contributed by atoms with E-state index in [-0.39, 0.29) is 101 Å². The number of amides is 2. The molecule has 0 unspecified atom stereocenters. The van der Waals surface area contributed by atoms with Gasteiger partial charge in [-0.25, -0.2) is 19.2 Å². The Labute approximate surface area is 824 Å². The minimum Gasteiger partial charge on any atom is -0.459 e. The fourth-order valence-corrected chi connectivity index (χ4v) is 18.5. The van der Waals surface area contributed by atoms with Gasteiger partial charge in [0.15, 0.2) is 28.7 Å². The first-order chi connectivity index (χ1) is 64.0. The van der Waals surface area contributed by atoms with Crippen molar-refractivity contribution in [2.75, 3.05) is 157 Å². The zero-order chi connectivity index (χ0) is 103. The summed E-state index contributed by atoms with van der Waals surface area (Å²) in [5.74, 6) is -3.58. The van der Waals surface area contributed by atoms with E-state index in [0.717, 1.165) is 22.3 Å². The Morgan fingerprint density at radius 3 is 0.761 bits per heavy atom. The highest BCUT2D eigenvalue weighted by Gasteiger charge is 2.58. The minimum absolute atomic E-state index is 0.00146. The first-order valence-corrected chi connectivity index (χ1v) is 54.6. The molecule has 4 aliphatic heterocycles. The van der Waals surface area contributed by atoms with Crippen molar-refractivity contribution in [3.05, 3.63) is 144 Å². The summed E-state index contributed by atoms with van der Waals surface area (Å²) in [5.41, 5.74) is -1.07. The number of rotatable bonds is 28. The van der Waals surface area contributed by atoms with Gasteiger partial charge in [-0.05, 0) is 183 Å². The van der Waals surface area contributed by atoms with Gasteiger partial charge in [-0.2, -0.15) is 0 Å². The quantitative estimate of drug-likeness (QED) is 0.0290. The molecule has 0 spiro atoms. The number of likely N-dealkylation sites (tertiary alicyclic amines) is 2. The summed E-state index contributed by atoms with van der Waals surface area (Å²) < 4.78 is 73.5. The van der Waals surface area contributed by atoms with Crippen LogP contribution in [0.3, 0.4) is 0 Å². The number of esters is 8. The predicted octanol–water partition coefficient (Wildman–Crippen LogP) is 13.5. The van der Waals surface area contributed by atoms with E-state index in [1.807, 2.05) is 275 Å². The van der Waals surface area contributed by atoms with Crippen LogP contribution in [0.1, 0.15) is 188 Å². The molecular weight excluding hydrogens is 1800 g/mol. The van der Waals surface area contributed by atoms with Crippen LogP contribution in [-0.2, 0) is 121 Å². The van der Waals surface area contributed by atoms with E-state index in [4.69, 9.17) is 56.2 Å². The van der Waals surface area contributed by atoms with Crippen LogP contribution in [0, 0.1) is 0 Å². The highest BCUT2D eigenvalue weighted by atomic mass is 28.4. The van der Waals surface area contributed by atoms with Gasteiger partial charge in [0.2, 0.25) is 0 Å². The van der Waals surface area contributed by atoms with Gasteiger partial charge in [0.25, 0.3) is 0 Å². The highest BCUT2D eigenvalue weighted by molar-refractivity contribution is 6.74. The molecule has 2 amide bonds. The van der Waals surface area contributed by atoms with Gasteiger partial charge in [-0.1, -0.05) is 163 Å². The summed E-state index contributed by atoms with van der Waals surface area (Å²) in [5, 5.41) is -0.512. The zero-order valence-corrected chi connectivity index (χ0v) is 90.3. The van der Waals surface area contributed by atoms with Crippen molar-refractivity contribution in [3.8, 4) is 0 Å². The summed E-state index contributed by atoms with van der Waals surface area (Å²) in [7, 11) is -5.29. The van der Waals surface area contributed by atoms with Crippen LogP contribution in [-0.4, -0.2) is 353 Å². The van der Waals surface area contributed by atoms with E-state index in [0.29, 0.717) is 105 Å². The number of carbonyl (C=O) groups excluding carboxylic acids is 10. The zero-order valence-electron chi connectivity index (χ0n) is 88.3. The topological polar surface area (TPSA) is 314 Å². The maximum atomic E-state index is 14.9. The van der Waals surface area contributed by atoms with Gasteiger partial charge >= 0.3 is 59.9 Å². The third-order valence-electron chi connectivity index (χ3n) is 24.4.